The van der Waals surface area contributed by atoms with Gasteiger partial charge in [0.15, 0.2) is 5.65 Å². The minimum Gasteiger partial charge on any atom is -0.343 e. The number of aromatic nitrogens is 5. The number of alkyl halides is 2. The average molecular weight is 385 g/mol. The molecule has 28 heavy (non-hydrogen) atoms. The van der Waals surface area contributed by atoms with Crippen LogP contribution in [0.3, 0.4) is 0 Å². The summed E-state index contributed by atoms with van der Waals surface area (Å²) in [4.78, 5) is 28.4. The van der Waals surface area contributed by atoms with Crippen molar-refractivity contribution in [2.24, 2.45) is 0 Å². The Morgan fingerprint density at radius 2 is 2.00 bits per heavy atom. The first-order chi connectivity index (χ1) is 13.3. The zero-order valence-corrected chi connectivity index (χ0v) is 15.4. The van der Waals surface area contributed by atoms with Gasteiger partial charge in [0, 0.05) is 12.2 Å². The predicted molar refractivity (Wildman–Crippen MR) is 95.5 cm³/mol. The Labute approximate surface area is 159 Å². The van der Waals surface area contributed by atoms with Gasteiger partial charge in [0.1, 0.15) is 28.8 Å². The molecule has 0 saturated heterocycles. The fourth-order valence-corrected chi connectivity index (χ4v) is 2.79. The zero-order chi connectivity index (χ0) is 20.4. The summed E-state index contributed by atoms with van der Waals surface area (Å²) in [6, 6.07) is 2.09. The van der Waals surface area contributed by atoms with E-state index in [2.05, 4.69) is 31.3 Å². The van der Waals surface area contributed by atoms with Gasteiger partial charge >= 0.3 is 0 Å². The van der Waals surface area contributed by atoms with E-state index in [1.165, 1.54) is 6.20 Å². The summed E-state index contributed by atoms with van der Waals surface area (Å²) in [7, 11) is 0. The fraction of sp³-hybridized carbons (Fsp3) is 0.333. The van der Waals surface area contributed by atoms with E-state index in [9.17, 15) is 18.8 Å². The van der Waals surface area contributed by atoms with Crippen molar-refractivity contribution in [1.29, 1.82) is 5.26 Å². The molecule has 0 saturated carbocycles. The molecule has 0 aliphatic rings. The van der Waals surface area contributed by atoms with Gasteiger partial charge in [0.25, 0.3) is 12.3 Å². The number of amides is 1. The van der Waals surface area contributed by atoms with Crippen molar-refractivity contribution in [3.05, 3.63) is 46.9 Å². The van der Waals surface area contributed by atoms with Crippen molar-refractivity contribution in [2.45, 2.75) is 39.8 Å². The van der Waals surface area contributed by atoms with Crippen molar-refractivity contribution in [3.63, 3.8) is 0 Å². The number of pyridine rings is 1. The first-order valence-corrected chi connectivity index (χ1v) is 8.48. The number of aryl methyl sites for hydroxylation is 1. The van der Waals surface area contributed by atoms with Crippen LogP contribution in [0.2, 0.25) is 0 Å². The number of nitriles is 1. The molecule has 3 aromatic heterocycles. The minimum absolute atomic E-state index is 0.0156. The van der Waals surface area contributed by atoms with Gasteiger partial charge in [-0.15, -0.1) is 0 Å². The number of imidazole rings is 1. The molecule has 144 valence electrons. The van der Waals surface area contributed by atoms with Crippen LogP contribution in [-0.2, 0) is 6.54 Å². The lowest BCUT2D eigenvalue weighted by molar-refractivity contribution is 0.0942. The Bertz CT molecular complexity index is 1070. The van der Waals surface area contributed by atoms with Crippen LogP contribution in [0.5, 0.6) is 0 Å². The number of halogens is 2. The molecule has 0 aromatic carbocycles. The maximum atomic E-state index is 12.5. The molecule has 0 bridgehead atoms. The zero-order valence-electron chi connectivity index (χ0n) is 15.4. The first kappa shape index (κ1) is 19.3. The van der Waals surface area contributed by atoms with Crippen LogP contribution < -0.4 is 5.32 Å². The molecule has 0 spiro atoms. The normalized spacial score (nSPS) is 11.2. The third kappa shape index (κ3) is 3.51. The largest absolute Gasteiger partial charge is 0.343 e. The molecule has 0 radical (unpaired) electrons. The van der Waals surface area contributed by atoms with Crippen LogP contribution in [0.25, 0.3) is 11.2 Å². The van der Waals surface area contributed by atoms with Gasteiger partial charge in [-0.1, -0.05) is 0 Å². The minimum atomic E-state index is -2.75. The molecule has 1 N–H and O–H groups in total. The monoisotopic (exact) mass is 385 g/mol. The molecule has 1 amide bonds. The second-order valence-electron chi connectivity index (χ2n) is 6.38. The Hall–Kier alpha value is -3.48. The van der Waals surface area contributed by atoms with E-state index in [0.717, 1.165) is 12.4 Å². The fourth-order valence-electron chi connectivity index (χ4n) is 2.79. The number of rotatable bonds is 5. The maximum Gasteiger partial charge on any atom is 0.281 e. The molecule has 0 atom stereocenters. The van der Waals surface area contributed by atoms with Crippen LogP contribution in [0, 0.1) is 18.3 Å². The number of nitrogens with zero attached hydrogens (tertiary/aromatic N) is 6. The second-order valence-corrected chi connectivity index (χ2v) is 6.38. The summed E-state index contributed by atoms with van der Waals surface area (Å²) in [6.07, 6.45) is 0.637. The molecule has 0 fully saturated rings. The predicted octanol–water partition coefficient (Wildman–Crippen LogP) is 2.85. The third-order valence-electron chi connectivity index (χ3n) is 4.21. The summed E-state index contributed by atoms with van der Waals surface area (Å²) < 4.78 is 26.9. The number of fused-ring (bicyclic) bond motifs is 1. The Morgan fingerprint density at radius 3 is 2.57 bits per heavy atom. The summed E-state index contributed by atoms with van der Waals surface area (Å²) >= 11 is 0. The first-order valence-electron chi connectivity index (χ1n) is 8.48. The van der Waals surface area contributed by atoms with Crippen molar-refractivity contribution in [2.75, 3.05) is 0 Å². The third-order valence-corrected chi connectivity index (χ3v) is 4.21. The van der Waals surface area contributed by atoms with Gasteiger partial charge in [0.2, 0.25) is 0 Å². The number of carbonyl (C=O) groups excluding carboxylic acids is 1. The van der Waals surface area contributed by atoms with Crippen molar-refractivity contribution < 1.29 is 13.6 Å². The number of hydrogen-bond donors (Lipinski definition) is 1. The summed E-state index contributed by atoms with van der Waals surface area (Å²) in [6.45, 7) is 5.78. The standard InChI is InChI=1S/C18H17F2N7O/c1-9(2)27-14(26-15-10(3)11(4-21)5-24-17(15)27)8-25-18(28)13-7-22-12(6-23-13)16(19)20/h5-7,9,16H,8H2,1-3H3,(H,25,28). The SMILES string of the molecule is Cc1c(C#N)cnc2c1nc(CNC(=O)c1cnc(C(F)F)cn1)n2C(C)C. The van der Waals surface area contributed by atoms with Crippen molar-refractivity contribution in [3.8, 4) is 6.07 Å². The van der Waals surface area contributed by atoms with Crippen LogP contribution in [0.1, 0.15) is 59.4 Å². The van der Waals surface area contributed by atoms with Gasteiger partial charge in [-0.2, -0.15) is 5.26 Å². The molecule has 3 heterocycles. The molecule has 10 heteroatoms. The van der Waals surface area contributed by atoms with E-state index in [-0.39, 0.29) is 18.3 Å². The number of hydrogen-bond acceptors (Lipinski definition) is 6. The number of nitrogens with one attached hydrogen (secondary N) is 1. The smallest absolute Gasteiger partial charge is 0.281 e. The lowest BCUT2D eigenvalue weighted by Gasteiger charge is -2.13. The molecule has 3 aromatic rings. The molecule has 3 rings (SSSR count). The van der Waals surface area contributed by atoms with Crippen molar-refractivity contribution in [1.82, 2.24) is 29.8 Å². The highest BCUT2D eigenvalue weighted by Gasteiger charge is 2.19. The topological polar surface area (TPSA) is 109 Å². The Balaban J connectivity index is 1.87. The highest BCUT2D eigenvalue weighted by molar-refractivity contribution is 5.91. The van der Waals surface area contributed by atoms with Gasteiger partial charge < -0.3 is 9.88 Å². The van der Waals surface area contributed by atoms with Crippen molar-refractivity contribution >= 4 is 17.1 Å². The molecular formula is C18H17F2N7O. The van der Waals surface area contributed by atoms with Gasteiger partial charge in [-0.05, 0) is 26.3 Å². The van der Waals surface area contributed by atoms with E-state index in [4.69, 9.17) is 0 Å². The van der Waals surface area contributed by atoms with Gasteiger partial charge in [0.05, 0.1) is 24.5 Å². The van der Waals surface area contributed by atoms with E-state index in [1.54, 1.807) is 6.92 Å². The van der Waals surface area contributed by atoms with Crippen LogP contribution >= 0.6 is 0 Å². The van der Waals surface area contributed by atoms with E-state index in [0.29, 0.717) is 28.1 Å². The van der Waals surface area contributed by atoms with E-state index >= 15 is 0 Å². The molecule has 0 unspecified atom stereocenters. The highest BCUT2D eigenvalue weighted by Crippen LogP contribution is 2.23. The maximum absolute atomic E-state index is 12.5. The highest BCUT2D eigenvalue weighted by atomic mass is 19.3. The van der Waals surface area contributed by atoms with Crippen LogP contribution in [0.4, 0.5) is 8.78 Å². The average Bonchev–Trinajstić information content (AvgIpc) is 3.06. The summed E-state index contributed by atoms with van der Waals surface area (Å²) in [5.74, 6) is -0.000673. The Morgan fingerprint density at radius 1 is 1.25 bits per heavy atom. The van der Waals surface area contributed by atoms with Crippen LogP contribution in [0.15, 0.2) is 18.6 Å². The molecular weight excluding hydrogens is 368 g/mol. The molecule has 0 aliphatic heterocycles. The van der Waals surface area contributed by atoms with Gasteiger partial charge in [-0.3, -0.25) is 9.78 Å². The molecule has 8 nitrogen and oxygen atoms in total. The summed E-state index contributed by atoms with van der Waals surface area (Å²) in [5, 5.41) is 11.8. The number of carbonyl (C=O) groups is 1. The molecule has 0 aliphatic carbocycles. The second kappa shape index (κ2) is 7.64. The van der Waals surface area contributed by atoms with Crippen LogP contribution in [-0.4, -0.2) is 30.4 Å². The quantitative estimate of drug-likeness (QED) is 0.723. The lowest BCUT2D eigenvalue weighted by Crippen LogP contribution is -2.26. The summed E-state index contributed by atoms with van der Waals surface area (Å²) in [5.41, 5.74) is 1.80. The van der Waals surface area contributed by atoms with E-state index < -0.39 is 18.0 Å². The van der Waals surface area contributed by atoms with Gasteiger partial charge in [-0.25, -0.2) is 23.7 Å². The lowest BCUT2D eigenvalue weighted by atomic mass is 10.1. The van der Waals surface area contributed by atoms with E-state index in [1.807, 2.05) is 18.4 Å². The Kier molecular flexibility index (Phi) is 5.26.